The molecule has 1 saturated carbocycles. The Kier molecular flexibility index (Phi) is 2.19. The van der Waals surface area contributed by atoms with E-state index in [0.717, 1.165) is 50.8 Å². The highest BCUT2D eigenvalue weighted by atomic mass is 16.5. The highest BCUT2D eigenvalue weighted by Gasteiger charge is 2.58. The van der Waals surface area contributed by atoms with Crippen LogP contribution in [0.2, 0.25) is 0 Å². The van der Waals surface area contributed by atoms with Crippen molar-refractivity contribution < 1.29 is 14.6 Å². The number of hydrogen-bond acceptors (Lipinski definition) is 4. The Labute approximate surface area is 107 Å². The first kappa shape index (κ1) is 11.0. The molecule has 0 aromatic heterocycles. The zero-order valence-corrected chi connectivity index (χ0v) is 10.5. The Balaban J connectivity index is 1.83. The molecule has 0 amide bonds. The van der Waals surface area contributed by atoms with Gasteiger partial charge in [0.25, 0.3) is 0 Å². The van der Waals surface area contributed by atoms with E-state index in [-0.39, 0.29) is 17.6 Å². The van der Waals surface area contributed by atoms with Crippen LogP contribution in [-0.2, 0) is 9.53 Å². The number of aliphatic hydroxyl groups excluding tert-OH is 1. The van der Waals surface area contributed by atoms with Gasteiger partial charge in [-0.2, -0.15) is 0 Å². The molecule has 0 bridgehead atoms. The molecule has 3 heterocycles. The van der Waals surface area contributed by atoms with Gasteiger partial charge in [-0.25, -0.2) is 4.79 Å². The van der Waals surface area contributed by atoms with Gasteiger partial charge in [0.1, 0.15) is 6.61 Å². The highest BCUT2D eigenvalue weighted by molar-refractivity contribution is 5.95. The lowest BCUT2D eigenvalue weighted by Crippen LogP contribution is -2.56. The second-order valence-corrected chi connectivity index (χ2v) is 6.13. The summed E-state index contributed by atoms with van der Waals surface area (Å²) >= 11 is 0. The largest absolute Gasteiger partial charge is 0.458 e. The molecular weight excluding hydrogens is 230 g/mol. The number of aliphatic hydroxyl groups is 1. The molecule has 3 atom stereocenters. The molecule has 4 heteroatoms. The van der Waals surface area contributed by atoms with E-state index in [9.17, 15) is 9.90 Å². The molecule has 98 valence electrons. The van der Waals surface area contributed by atoms with Crippen LogP contribution in [0.15, 0.2) is 11.1 Å². The summed E-state index contributed by atoms with van der Waals surface area (Å²) < 4.78 is 5.28. The Bertz CT molecular complexity index is 444. The monoisotopic (exact) mass is 249 g/mol. The molecule has 1 aliphatic carbocycles. The lowest BCUT2D eigenvalue weighted by atomic mass is 9.66. The maximum absolute atomic E-state index is 12.1. The Hall–Kier alpha value is -0.870. The number of carbonyl (C=O) groups excluding carboxylic acids is 1. The standard InChI is InChI=1S/C14H19NO3/c16-11-1-4-14-10(7-11)3-6-15(14)5-2-9-8-18-13(17)12(9)14/h10-11,16H,1-8H2/t10-,11?,14+/m1/s1. The van der Waals surface area contributed by atoms with Crippen LogP contribution in [-0.4, -0.2) is 47.3 Å². The SMILES string of the molecule is O=C1OCC2=C1[C@]13CCC(O)C[C@H]1CCN3CC2. The zero-order chi connectivity index (χ0) is 12.3. The fourth-order valence-electron chi connectivity index (χ4n) is 4.71. The fraction of sp³-hybridized carbons (Fsp3) is 0.786. The van der Waals surface area contributed by atoms with E-state index >= 15 is 0 Å². The smallest absolute Gasteiger partial charge is 0.336 e. The van der Waals surface area contributed by atoms with Gasteiger partial charge in [-0.1, -0.05) is 0 Å². The number of hydrogen-bond donors (Lipinski definition) is 1. The molecule has 0 aromatic carbocycles. The van der Waals surface area contributed by atoms with Gasteiger partial charge in [0, 0.05) is 6.54 Å². The van der Waals surface area contributed by atoms with Crippen LogP contribution < -0.4 is 0 Å². The maximum Gasteiger partial charge on any atom is 0.336 e. The van der Waals surface area contributed by atoms with E-state index in [4.69, 9.17) is 4.74 Å². The summed E-state index contributed by atoms with van der Waals surface area (Å²) in [5, 5.41) is 9.90. The van der Waals surface area contributed by atoms with Crippen molar-refractivity contribution >= 4 is 5.97 Å². The molecule has 4 aliphatic rings. The minimum Gasteiger partial charge on any atom is -0.458 e. The van der Waals surface area contributed by atoms with Crippen molar-refractivity contribution in [3.63, 3.8) is 0 Å². The van der Waals surface area contributed by atoms with Gasteiger partial charge in [-0.15, -0.1) is 0 Å². The lowest BCUT2D eigenvalue weighted by molar-refractivity contribution is -0.138. The van der Waals surface area contributed by atoms with Crippen molar-refractivity contribution in [1.82, 2.24) is 4.90 Å². The molecule has 3 aliphatic heterocycles. The van der Waals surface area contributed by atoms with Crippen molar-refractivity contribution in [2.45, 2.75) is 43.7 Å². The summed E-state index contributed by atoms with van der Waals surface area (Å²) in [6.45, 7) is 2.64. The predicted octanol–water partition coefficient (Wildman–Crippen LogP) is 0.849. The quantitative estimate of drug-likeness (QED) is 0.647. The summed E-state index contributed by atoms with van der Waals surface area (Å²) in [6, 6.07) is 0. The summed E-state index contributed by atoms with van der Waals surface area (Å²) in [4.78, 5) is 14.6. The van der Waals surface area contributed by atoms with E-state index in [2.05, 4.69) is 4.90 Å². The summed E-state index contributed by atoms with van der Waals surface area (Å²) in [7, 11) is 0. The first-order valence-corrected chi connectivity index (χ1v) is 7.04. The van der Waals surface area contributed by atoms with Crippen LogP contribution in [0, 0.1) is 5.92 Å². The second-order valence-electron chi connectivity index (χ2n) is 6.13. The van der Waals surface area contributed by atoms with Gasteiger partial charge in [0.05, 0.1) is 17.2 Å². The minimum atomic E-state index is -0.177. The summed E-state index contributed by atoms with van der Waals surface area (Å²) in [6.07, 6.45) is 4.51. The second kappa shape index (κ2) is 3.58. The van der Waals surface area contributed by atoms with Crippen LogP contribution in [0.3, 0.4) is 0 Å². The molecule has 1 saturated heterocycles. The predicted molar refractivity (Wildman–Crippen MR) is 64.9 cm³/mol. The molecule has 0 aromatic rings. The third-order valence-corrected chi connectivity index (χ3v) is 5.45. The Morgan fingerprint density at radius 1 is 1.33 bits per heavy atom. The number of carbonyl (C=O) groups is 1. The highest BCUT2D eigenvalue weighted by Crippen LogP contribution is 2.53. The van der Waals surface area contributed by atoms with Gasteiger partial charge >= 0.3 is 5.97 Å². The summed E-state index contributed by atoms with van der Waals surface area (Å²) in [5.74, 6) is 0.357. The van der Waals surface area contributed by atoms with Crippen molar-refractivity contribution in [3.05, 3.63) is 11.1 Å². The topological polar surface area (TPSA) is 49.8 Å². The van der Waals surface area contributed by atoms with E-state index in [1.54, 1.807) is 0 Å². The Morgan fingerprint density at radius 2 is 2.22 bits per heavy atom. The molecule has 2 fully saturated rings. The van der Waals surface area contributed by atoms with Gasteiger partial charge in [-0.05, 0) is 50.1 Å². The van der Waals surface area contributed by atoms with Crippen molar-refractivity contribution in [1.29, 1.82) is 0 Å². The van der Waals surface area contributed by atoms with Crippen LogP contribution in [0.5, 0.6) is 0 Å². The summed E-state index contributed by atoms with van der Waals surface area (Å²) in [5.41, 5.74) is 2.13. The third kappa shape index (κ3) is 1.20. The van der Waals surface area contributed by atoms with Crippen LogP contribution in [0.25, 0.3) is 0 Å². The number of cyclic esters (lactones) is 1. The van der Waals surface area contributed by atoms with Gasteiger partial charge in [0.2, 0.25) is 0 Å². The van der Waals surface area contributed by atoms with E-state index in [1.807, 2.05) is 0 Å². The van der Waals surface area contributed by atoms with Gasteiger partial charge in [0.15, 0.2) is 0 Å². The van der Waals surface area contributed by atoms with Crippen LogP contribution in [0.4, 0.5) is 0 Å². The van der Waals surface area contributed by atoms with Crippen molar-refractivity contribution in [3.8, 4) is 0 Å². The molecule has 4 rings (SSSR count). The van der Waals surface area contributed by atoms with E-state index in [0.29, 0.717) is 12.5 Å². The van der Waals surface area contributed by atoms with Crippen LogP contribution in [0.1, 0.15) is 32.1 Å². The number of ether oxygens (including phenoxy) is 1. The average Bonchev–Trinajstić information content (AvgIpc) is 2.91. The normalized spacial score (nSPS) is 43.5. The molecule has 1 unspecified atom stereocenters. The molecule has 4 nitrogen and oxygen atoms in total. The average molecular weight is 249 g/mol. The number of esters is 1. The third-order valence-electron chi connectivity index (χ3n) is 5.45. The van der Waals surface area contributed by atoms with E-state index in [1.165, 1.54) is 5.57 Å². The number of nitrogens with zero attached hydrogens (tertiary/aromatic N) is 1. The first-order chi connectivity index (χ1) is 8.72. The number of rotatable bonds is 0. The minimum absolute atomic E-state index is 0.0829. The molecular formula is C14H19NO3. The molecule has 18 heavy (non-hydrogen) atoms. The molecule has 1 N–H and O–H groups in total. The maximum atomic E-state index is 12.1. The first-order valence-electron chi connectivity index (χ1n) is 7.04. The van der Waals surface area contributed by atoms with Gasteiger partial charge in [-0.3, -0.25) is 4.90 Å². The molecule has 0 radical (unpaired) electrons. The fourth-order valence-corrected chi connectivity index (χ4v) is 4.71. The zero-order valence-electron chi connectivity index (χ0n) is 10.5. The lowest BCUT2D eigenvalue weighted by Gasteiger charge is -2.49. The van der Waals surface area contributed by atoms with Crippen molar-refractivity contribution in [2.24, 2.45) is 5.92 Å². The van der Waals surface area contributed by atoms with Crippen molar-refractivity contribution in [2.75, 3.05) is 19.7 Å². The molecule has 1 spiro atoms. The van der Waals surface area contributed by atoms with E-state index < -0.39 is 0 Å². The van der Waals surface area contributed by atoms with Crippen LogP contribution >= 0.6 is 0 Å². The Morgan fingerprint density at radius 3 is 3.11 bits per heavy atom. The van der Waals surface area contributed by atoms with Gasteiger partial charge < -0.3 is 9.84 Å².